The molecule has 2 rings (SSSR count). The maximum atomic E-state index is 12.5. The van der Waals surface area contributed by atoms with Gasteiger partial charge in [0.1, 0.15) is 6.07 Å². The van der Waals surface area contributed by atoms with Crippen molar-refractivity contribution >= 4 is 31.9 Å². The number of sulfonamides is 1. The quantitative estimate of drug-likeness (QED) is 0.871. The molecule has 21 heavy (non-hydrogen) atoms. The van der Waals surface area contributed by atoms with Gasteiger partial charge in [-0.05, 0) is 47.0 Å². The van der Waals surface area contributed by atoms with Gasteiger partial charge in [-0.25, -0.2) is 8.42 Å². The van der Waals surface area contributed by atoms with E-state index in [1.54, 1.807) is 0 Å². The number of piperidine rings is 1. The molecule has 0 bridgehead atoms. The van der Waals surface area contributed by atoms with Crippen LogP contribution >= 0.6 is 15.9 Å². The predicted octanol–water partition coefficient (Wildman–Crippen LogP) is 1.81. The molecule has 1 aromatic rings. The average Bonchev–Trinajstić information content (AvgIpc) is 2.47. The molecule has 1 N–H and O–H groups in total. The first-order valence-corrected chi connectivity index (χ1v) is 8.52. The zero-order valence-corrected chi connectivity index (χ0v) is 13.4. The van der Waals surface area contributed by atoms with Gasteiger partial charge in [-0.15, -0.1) is 0 Å². The summed E-state index contributed by atoms with van der Waals surface area (Å²) in [5.74, 6) is -1.36. The number of hydrogen-bond acceptors (Lipinski definition) is 4. The highest BCUT2D eigenvalue weighted by Crippen LogP contribution is 2.26. The van der Waals surface area contributed by atoms with Gasteiger partial charge in [-0.1, -0.05) is 0 Å². The largest absolute Gasteiger partial charge is 0.481 e. The molecule has 0 radical (unpaired) electrons. The summed E-state index contributed by atoms with van der Waals surface area (Å²) in [6.07, 6.45) is 0.623. The smallest absolute Gasteiger partial charge is 0.306 e. The molecule has 112 valence electrons. The zero-order chi connectivity index (χ0) is 15.6. The number of nitrogens with zero attached hydrogens (tertiary/aromatic N) is 2. The third kappa shape index (κ3) is 3.26. The number of nitriles is 1. The molecule has 0 aromatic heterocycles. The van der Waals surface area contributed by atoms with E-state index in [0.717, 1.165) is 0 Å². The highest BCUT2D eigenvalue weighted by Gasteiger charge is 2.32. The van der Waals surface area contributed by atoms with E-state index in [1.165, 1.54) is 22.5 Å². The van der Waals surface area contributed by atoms with E-state index < -0.39 is 21.9 Å². The SMILES string of the molecule is N#Cc1ccc(S(=O)(=O)N2CCC(C(=O)O)CC2)cc1Br. The Balaban J connectivity index is 2.22. The topological polar surface area (TPSA) is 98.5 Å². The van der Waals surface area contributed by atoms with Crippen molar-refractivity contribution in [2.75, 3.05) is 13.1 Å². The number of benzene rings is 1. The maximum Gasteiger partial charge on any atom is 0.306 e. The second-order valence-corrected chi connectivity index (χ2v) is 7.56. The molecule has 6 nitrogen and oxygen atoms in total. The maximum absolute atomic E-state index is 12.5. The number of carboxylic acid groups (broad SMARTS) is 1. The Bertz CT molecular complexity index is 703. The summed E-state index contributed by atoms with van der Waals surface area (Å²) in [6.45, 7) is 0.383. The lowest BCUT2D eigenvalue weighted by atomic mass is 9.99. The van der Waals surface area contributed by atoms with Crippen molar-refractivity contribution in [3.8, 4) is 6.07 Å². The number of halogens is 1. The standard InChI is InChI=1S/C13H13BrN2O4S/c14-12-7-11(2-1-10(12)8-15)21(19,20)16-5-3-9(4-6-16)13(17)18/h1-2,7,9H,3-6H2,(H,17,18). The summed E-state index contributed by atoms with van der Waals surface area (Å²) >= 11 is 3.17. The van der Waals surface area contributed by atoms with Crippen LogP contribution in [-0.4, -0.2) is 36.9 Å². The summed E-state index contributed by atoms with van der Waals surface area (Å²) in [5, 5.41) is 17.8. The lowest BCUT2D eigenvalue weighted by Gasteiger charge is -2.29. The number of carboxylic acids is 1. The number of carbonyl (C=O) groups is 1. The Morgan fingerprint density at radius 2 is 2.00 bits per heavy atom. The minimum absolute atomic E-state index is 0.0992. The highest BCUT2D eigenvalue weighted by atomic mass is 79.9. The fourth-order valence-corrected chi connectivity index (χ4v) is 4.35. The molecule has 0 amide bonds. The number of aliphatic carboxylic acids is 1. The fourth-order valence-electron chi connectivity index (χ4n) is 2.24. The van der Waals surface area contributed by atoms with E-state index >= 15 is 0 Å². The molecule has 1 saturated heterocycles. The van der Waals surface area contributed by atoms with Crippen molar-refractivity contribution in [1.29, 1.82) is 5.26 Å². The van der Waals surface area contributed by atoms with Gasteiger partial charge < -0.3 is 5.11 Å². The summed E-state index contributed by atoms with van der Waals surface area (Å²) in [5.41, 5.74) is 0.360. The van der Waals surface area contributed by atoms with E-state index in [9.17, 15) is 13.2 Å². The first kappa shape index (κ1) is 15.9. The first-order chi connectivity index (χ1) is 9.86. The van der Waals surface area contributed by atoms with E-state index in [4.69, 9.17) is 10.4 Å². The van der Waals surface area contributed by atoms with Gasteiger partial charge in [0.2, 0.25) is 10.0 Å². The summed E-state index contributed by atoms with van der Waals surface area (Å²) in [6, 6.07) is 6.19. The van der Waals surface area contributed by atoms with Gasteiger partial charge in [0.15, 0.2) is 0 Å². The molecular formula is C13H13BrN2O4S. The van der Waals surface area contributed by atoms with Crippen LogP contribution in [0.5, 0.6) is 0 Å². The third-order valence-corrected chi connectivity index (χ3v) is 6.05. The average molecular weight is 373 g/mol. The van der Waals surface area contributed by atoms with E-state index in [2.05, 4.69) is 15.9 Å². The Morgan fingerprint density at radius 1 is 1.38 bits per heavy atom. The van der Waals surface area contributed by atoms with Crippen LogP contribution in [0.4, 0.5) is 0 Å². The third-order valence-electron chi connectivity index (χ3n) is 3.50. The number of rotatable bonds is 3. The molecule has 0 unspecified atom stereocenters. The Morgan fingerprint density at radius 3 is 2.48 bits per heavy atom. The molecule has 8 heteroatoms. The molecule has 1 fully saturated rings. The van der Waals surface area contributed by atoms with E-state index in [-0.39, 0.29) is 18.0 Å². The monoisotopic (exact) mass is 372 g/mol. The zero-order valence-electron chi connectivity index (χ0n) is 11.0. The second kappa shape index (κ2) is 6.13. The van der Waals surface area contributed by atoms with Gasteiger partial charge in [0.05, 0.1) is 16.4 Å². The molecule has 0 aliphatic carbocycles. The van der Waals surface area contributed by atoms with Crippen molar-refractivity contribution in [1.82, 2.24) is 4.31 Å². The van der Waals surface area contributed by atoms with Gasteiger partial charge in [-0.3, -0.25) is 4.79 Å². The molecule has 1 aliphatic heterocycles. The molecule has 0 spiro atoms. The number of hydrogen-bond donors (Lipinski definition) is 1. The first-order valence-electron chi connectivity index (χ1n) is 6.29. The van der Waals surface area contributed by atoms with E-state index in [1.807, 2.05) is 6.07 Å². The van der Waals surface area contributed by atoms with Crippen LogP contribution in [0, 0.1) is 17.2 Å². The molecule has 1 aromatic carbocycles. The van der Waals surface area contributed by atoms with Crippen molar-refractivity contribution in [2.24, 2.45) is 5.92 Å². The normalized spacial score (nSPS) is 17.3. The summed E-state index contributed by atoms with van der Waals surface area (Å²) in [7, 11) is -3.66. The van der Waals surface area contributed by atoms with Crippen LogP contribution in [-0.2, 0) is 14.8 Å². The lowest BCUT2D eigenvalue weighted by molar-refractivity contribution is -0.142. The Labute approximate surface area is 131 Å². The minimum atomic E-state index is -3.66. The van der Waals surface area contributed by atoms with Crippen molar-refractivity contribution in [2.45, 2.75) is 17.7 Å². The van der Waals surface area contributed by atoms with Gasteiger partial charge in [0.25, 0.3) is 0 Å². The molecule has 1 heterocycles. The Hall–Kier alpha value is -1.43. The van der Waals surface area contributed by atoms with Crippen LogP contribution in [0.2, 0.25) is 0 Å². The van der Waals surface area contributed by atoms with Crippen LogP contribution in [0.25, 0.3) is 0 Å². The van der Waals surface area contributed by atoms with Crippen LogP contribution in [0.1, 0.15) is 18.4 Å². The fraction of sp³-hybridized carbons (Fsp3) is 0.385. The lowest BCUT2D eigenvalue weighted by Crippen LogP contribution is -2.40. The van der Waals surface area contributed by atoms with Crippen LogP contribution in [0.3, 0.4) is 0 Å². The van der Waals surface area contributed by atoms with Crippen molar-refractivity contribution < 1.29 is 18.3 Å². The second-order valence-electron chi connectivity index (χ2n) is 4.77. The van der Waals surface area contributed by atoms with Crippen LogP contribution < -0.4 is 0 Å². The van der Waals surface area contributed by atoms with E-state index in [0.29, 0.717) is 22.9 Å². The van der Waals surface area contributed by atoms with Crippen LogP contribution in [0.15, 0.2) is 27.6 Å². The van der Waals surface area contributed by atoms with Crippen molar-refractivity contribution in [3.05, 3.63) is 28.2 Å². The van der Waals surface area contributed by atoms with Crippen molar-refractivity contribution in [3.63, 3.8) is 0 Å². The highest BCUT2D eigenvalue weighted by molar-refractivity contribution is 9.10. The molecule has 1 aliphatic rings. The Kier molecular flexibility index (Phi) is 4.66. The summed E-state index contributed by atoms with van der Waals surface area (Å²) < 4.78 is 26.7. The molecule has 0 saturated carbocycles. The molecular weight excluding hydrogens is 360 g/mol. The molecule has 0 atom stereocenters. The predicted molar refractivity (Wildman–Crippen MR) is 78.0 cm³/mol. The van der Waals surface area contributed by atoms with Gasteiger partial charge >= 0.3 is 5.97 Å². The van der Waals surface area contributed by atoms with Gasteiger partial charge in [-0.2, -0.15) is 9.57 Å². The van der Waals surface area contributed by atoms with Gasteiger partial charge in [0, 0.05) is 17.6 Å². The summed E-state index contributed by atoms with van der Waals surface area (Å²) in [4.78, 5) is 11.0. The minimum Gasteiger partial charge on any atom is -0.481 e.